The Morgan fingerprint density at radius 3 is 2.24 bits per heavy atom. The van der Waals surface area contributed by atoms with Gasteiger partial charge in [0.25, 0.3) is 0 Å². The first-order chi connectivity index (χ1) is 19.6. The highest BCUT2D eigenvalue weighted by atomic mass is 16.3. The standard InChI is InChI=1S/C35H40O7/c1-8-19-10-11-20(9-2)22(14-19)21-12-13-24(37)26-23(21)15-33(6)16-34(7)27(17(3)4)29(38)25(18(5)36)31(40)35(34,42)32(41)28(33)30(26)39/h10-14,17,27,37-38,41-42H,8-9,15-16H2,1-7H3/t27?,33-,34-,35+/m1/s1. The molecule has 0 heterocycles. The second-order valence-corrected chi connectivity index (χ2v) is 13.1. The summed E-state index contributed by atoms with van der Waals surface area (Å²) >= 11 is 0. The van der Waals surface area contributed by atoms with Crippen LogP contribution < -0.4 is 0 Å². The smallest absolute Gasteiger partial charge is 0.209 e. The highest BCUT2D eigenvalue weighted by Crippen LogP contribution is 2.65. The lowest BCUT2D eigenvalue weighted by Gasteiger charge is -2.59. The van der Waals surface area contributed by atoms with Gasteiger partial charge in [0.05, 0.1) is 5.56 Å². The highest BCUT2D eigenvalue weighted by Gasteiger charge is 2.71. The summed E-state index contributed by atoms with van der Waals surface area (Å²) in [7, 11) is 0. The van der Waals surface area contributed by atoms with Crippen LogP contribution in [0.25, 0.3) is 11.1 Å². The summed E-state index contributed by atoms with van der Waals surface area (Å²) in [5, 5.41) is 46.4. The van der Waals surface area contributed by atoms with Gasteiger partial charge in [-0.25, -0.2) is 0 Å². The molecule has 7 heteroatoms. The summed E-state index contributed by atoms with van der Waals surface area (Å²) in [6.07, 6.45) is 1.90. The van der Waals surface area contributed by atoms with Gasteiger partial charge in [-0.2, -0.15) is 0 Å². The molecule has 222 valence electrons. The minimum atomic E-state index is -2.62. The number of phenols is 1. The van der Waals surface area contributed by atoms with E-state index in [1.165, 1.54) is 6.07 Å². The number of allylic oxidation sites excluding steroid dienone is 2. The molecule has 4 N–H and O–H groups in total. The summed E-state index contributed by atoms with van der Waals surface area (Å²) in [6, 6.07) is 9.58. The fourth-order valence-corrected chi connectivity index (χ4v) is 8.39. The number of carbonyl (C=O) groups is 3. The number of rotatable bonds is 5. The van der Waals surface area contributed by atoms with Crippen molar-refractivity contribution in [3.8, 4) is 16.9 Å². The van der Waals surface area contributed by atoms with E-state index in [1.807, 2.05) is 26.8 Å². The van der Waals surface area contributed by atoms with Crippen LogP contribution in [0.4, 0.5) is 0 Å². The van der Waals surface area contributed by atoms with Crippen LogP contribution in [0.15, 0.2) is 53.0 Å². The molecular formula is C35H40O7. The summed E-state index contributed by atoms with van der Waals surface area (Å²) in [6.45, 7) is 12.4. The normalized spacial score (nSPS) is 29.0. The number of carbonyl (C=O) groups excluding carboxylic acids is 3. The van der Waals surface area contributed by atoms with E-state index in [-0.39, 0.29) is 41.4 Å². The molecule has 0 aromatic heterocycles. The van der Waals surface area contributed by atoms with Gasteiger partial charge in [0.15, 0.2) is 17.2 Å². The van der Waals surface area contributed by atoms with Gasteiger partial charge >= 0.3 is 0 Å². The summed E-state index contributed by atoms with van der Waals surface area (Å²) in [5.74, 6) is -5.11. The molecule has 4 atom stereocenters. The minimum absolute atomic E-state index is 0.0385. The Kier molecular flexibility index (Phi) is 6.85. The van der Waals surface area contributed by atoms with Crippen LogP contribution in [0.5, 0.6) is 5.75 Å². The van der Waals surface area contributed by atoms with Gasteiger partial charge in [0, 0.05) is 22.3 Å². The lowest BCUT2D eigenvalue weighted by atomic mass is 9.44. The summed E-state index contributed by atoms with van der Waals surface area (Å²) in [4.78, 5) is 40.7. The number of ketones is 3. The third kappa shape index (κ3) is 3.72. The minimum Gasteiger partial charge on any atom is -0.511 e. The first-order valence-corrected chi connectivity index (χ1v) is 14.8. The Bertz CT molecular complexity index is 1630. The van der Waals surface area contributed by atoms with Gasteiger partial charge in [-0.1, -0.05) is 65.8 Å². The molecule has 0 radical (unpaired) electrons. The Hall–Kier alpha value is -3.71. The van der Waals surface area contributed by atoms with Crippen molar-refractivity contribution >= 4 is 17.3 Å². The Morgan fingerprint density at radius 1 is 1.00 bits per heavy atom. The first-order valence-electron chi connectivity index (χ1n) is 14.8. The van der Waals surface area contributed by atoms with E-state index in [4.69, 9.17) is 0 Å². The van der Waals surface area contributed by atoms with Gasteiger partial charge in [-0.05, 0) is 72.4 Å². The molecule has 0 saturated carbocycles. The molecule has 2 aromatic carbocycles. The van der Waals surface area contributed by atoms with Crippen LogP contribution in [0.1, 0.15) is 81.9 Å². The number of phenolic OH excluding ortho intramolecular Hbond substituents is 1. The molecule has 0 fully saturated rings. The second kappa shape index (κ2) is 9.66. The largest absolute Gasteiger partial charge is 0.511 e. The van der Waals surface area contributed by atoms with E-state index < -0.39 is 51.0 Å². The average Bonchev–Trinajstić information content (AvgIpc) is 2.90. The lowest BCUT2D eigenvalue weighted by molar-refractivity contribution is -0.171. The van der Waals surface area contributed by atoms with Gasteiger partial charge in [0.2, 0.25) is 5.78 Å². The van der Waals surface area contributed by atoms with E-state index in [0.717, 1.165) is 42.0 Å². The molecule has 0 amide bonds. The molecule has 2 aromatic rings. The highest BCUT2D eigenvalue weighted by molar-refractivity contribution is 6.25. The zero-order valence-electron chi connectivity index (χ0n) is 25.4. The number of aliphatic hydroxyl groups excluding tert-OH is 2. The molecular weight excluding hydrogens is 532 g/mol. The van der Waals surface area contributed by atoms with Crippen LogP contribution in [0.3, 0.4) is 0 Å². The van der Waals surface area contributed by atoms with Crippen LogP contribution in [0.2, 0.25) is 0 Å². The van der Waals surface area contributed by atoms with Crippen molar-refractivity contribution < 1.29 is 34.8 Å². The van der Waals surface area contributed by atoms with Crippen molar-refractivity contribution in [2.45, 2.75) is 79.8 Å². The number of aromatic hydroxyl groups is 1. The van der Waals surface area contributed by atoms with Gasteiger partial charge < -0.3 is 20.4 Å². The molecule has 5 rings (SSSR count). The maximum absolute atomic E-state index is 14.3. The molecule has 0 bridgehead atoms. The number of aliphatic hydroxyl groups is 3. The molecule has 1 unspecified atom stereocenters. The third-order valence-corrected chi connectivity index (χ3v) is 10.1. The second-order valence-electron chi connectivity index (χ2n) is 13.1. The van der Waals surface area contributed by atoms with E-state index >= 15 is 0 Å². The number of hydrogen-bond donors (Lipinski definition) is 4. The Labute approximate surface area is 246 Å². The molecule has 0 saturated heterocycles. The van der Waals surface area contributed by atoms with E-state index in [9.17, 15) is 34.8 Å². The van der Waals surface area contributed by atoms with Crippen LogP contribution in [-0.2, 0) is 28.9 Å². The monoisotopic (exact) mass is 572 g/mol. The topological polar surface area (TPSA) is 132 Å². The van der Waals surface area contributed by atoms with Gasteiger partial charge in [0.1, 0.15) is 22.8 Å². The zero-order valence-corrected chi connectivity index (χ0v) is 25.4. The van der Waals surface area contributed by atoms with Crippen LogP contribution in [0, 0.1) is 22.7 Å². The fourth-order valence-electron chi connectivity index (χ4n) is 8.39. The number of hydrogen-bond acceptors (Lipinski definition) is 7. The first kappa shape index (κ1) is 29.8. The maximum atomic E-state index is 14.3. The predicted octanol–water partition coefficient (Wildman–Crippen LogP) is 6.14. The lowest BCUT2D eigenvalue weighted by Crippen LogP contribution is -2.67. The molecule has 3 aliphatic rings. The van der Waals surface area contributed by atoms with E-state index in [0.29, 0.717) is 5.56 Å². The van der Waals surface area contributed by atoms with Crippen molar-refractivity contribution in [3.05, 3.63) is 75.3 Å². The maximum Gasteiger partial charge on any atom is 0.209 e. The third-order valence-electron chi connectivity index (χ3n) is 10.1. The van der Waals surface area contributed by atoms with Crippen molar-refractivity contribution in [1.29, 1.82) is 0 Å². The van der Waals surface area contributed by atoms with E-state index in [2.05, 4.69) is 32.0 Å². The number of Topliss-reactive ketones (excluding diaryl/α,β-unsaturated/α-hetero) is 3. The SMILES string of the molecule is CCc1ccc(CC)c(-c2ccc(O)c3c2C[C@]2(C)C[C@]4(C)C(C(C)C)C(O)=C(C(C)=O)C(=O)[C@]4(O)C(O)=C2C3=O)c1. The molecule has 7 nitrogen and oxygen atoms in total. The van der Waals surface area contributed by atoms with Crippen molar-refractivity contribution in [2.75, 3.05) is 0 Å². The zero-order chi connectivity index (χ0) is 31.1. The predicted molar refractivity (Wildman–Crippen MR) is 159 cm³/mol. The Balaban J connectivity index is 1.82. The Morgan fingerprint density at radius 2 is 1.67 bits per heavy atom. The fraction of sp³-hybridized carbons (Fsp3) is 0.457. The van der Waals surface area contributed by atoms with Crippen molar-refractivity contribution in [2.24, 2.45) is 22.7 Å². The van der Waals surface area contributed by atoms with Crippen molar-refractivity contribution in [3.63, 3.8) is 0 Å². The average molecular weight is 573 g/mol. The van der Waals surface area contributed by atoms with Gasteiger partial charge in [-0.3, -0.25) is 14.4 Å². The number of benzene rings is 2. The molecule has 3 aliphatic carbocycles. The van der Waals surface area contributed by atoms with Gasteiger partial charge in [-0.15, -0.1) is 0 Å². The molecule has 42 heavy (non-hydrogen) atoms. The quantitative estimate of drug-likeness (QED) is 0.317. The summed E-state index contributed by atoms with van der Waals surface area (Å²) in [5.41, 5.74) is -1.12. The molecule has 0 spiro atoms. The number of aryl methyl sites for hydroxylation is 2. The number of fused-ring (bicyclic) bond motifs is 3. The van der Waals surface area contributed by atoms with Crippen molar-refractivity contribution in [1.82, 2.24) is 0 Å². The van der Waals surface area contributed by atoms with E-state index in [1.54, 1.807) is 6.92 Å². The van der Waals surface area contributed by atoms with Crippen LogP contribution in [-0.4, -0.2) is 43.4 Å². The van der Waals surface area contributed by atoms with Crippen LogP contribution >= 0.6 is 0 Å². The molecule has 0 aliphatic heterocycles. The summed E-state index contributed by atoms with van der Waals surface area (Å²) < 4.78 is 0.